The Kier molecular flexibility index (Phi) is 6.93. The van der Waals surface area contributed by atoms with Gasteiger partial charge in [-0.1, -0.05) is 23.7 Å². The number of H-pyrrole nitrogens is 1. The minimum atomic E-state index is -0.588. The van der Waals surface area contributed by atoms with Gasteiger partial charge >= 0.3 is 6.09 Å². The molecule has 2 aromatic rings. The van der Waals surface area contributed by atoms with Crippen molar-refractivity contribution in [2.24, 2.45) is 5.92 Å². The fourth-order valence-corrected chi connectivity index (χ4v) is 3.49. The second-order valence-corrected chi connectivity index (χ2v) is 7.87. The van der Waals surface area contributed by atoms with Crippen LogP contribution in [0.4, 0.5) is 10.6 Å². The molecule has 0 atom stereocenters. The largest absolute Gasteiger partial charge is 0.414 e. The van der Waals surface area contributed by atoms with E-state index < -0.39 is 12.0 Å². The minimum absolute atomic E-state index is 0.0373. The zero-order valence-electron chi connectivity index (χ0n) is 15.3. The van der Waals surface area contributed by atoms with Crippen LogP contribution in [0.5, 0.6) is 5.88 Å². The number of amides is 2. The summed E-state index contributed by atoms with van der Waals surface area (Å²) in [5.41, 5.74) is 0.323. The first-order chi connectivity index (χ1) is 13.4. The molecule has 3 rings (SSSR count). The van der Waals surface area contributed by atoms with E-state index in [4.69, 9.17) is 16.3 Å². The second kappa shape index (κ2) is 9.40. The number of aromatic amines is 1. The molecule has 0 spiro atoms. The summed E-state index contributed by atoms with van der Waals surface area (Å²) in [5.74, 6) is 0.337. The van der Waals surface area contributed by atoms with E-state index in [1.807, 2.05) is 0 Å². The number of ether oxygens (including phenoxy) is 1. The minimum Gasteiger partial charge on any atom is -0.388 e. The van der Waals surface area contributed by atoms with Crippen molar-refractivity contribution < 1.29 is 14.3 Å². The molecule has 2 heterocycles. The maximum atomic E-state index is 12.3. The zero-order valence-corrected chi connectivity index (χ0v) is 17.6. The van der Waals surface area contributed by atoms with Gasteiger partial charge in [-0.25, -0.2) is 4.79 Å². The number of carbonyl (C=O) groups excluding carboxylic acids is 2. The number of benzene rings is 1. The van der Waals surface area contributed by atoms with Gasteiger partial charge in [-0.15, -0.1) is 5.10 Å². The molecule has 2 amide bonds. The Morgan fingerprint density at radius 2 is 2.07 bits per heavy atom. The molecule has 28 heavy (non-hydrogen) atoms. The van der Waals surface area contributed by atoms with Crippen LogP contribution in [0.25, 0.3) is 0 Å². The molecule has 0 aliphatic carbocycles. The molecule has 10 heteroatoms. The van der Waals surface area contributed by atoms with E-state index in [2.05, 4.69) is 48.7 Å². The summed E-state index contributed by atoms with van der Waals surface area (Å²) in [5, 5.41) is 12.3. The third-order valence-electron chi connectivity index (χ3n) is 4.60. The van der Waals surface area contributed by atoms with E-state index >= 15 is 0 Å². The molecule has 150 valence electrons. The lowest BCUT2D eigenvalue weighted by atomic mass is 9.97. The summed E-state index contributed by atoms with van der Waals surface area (Å²) < 4.78 is 5.56. The Morgan fingerprint density at radius 1 is 1.36 bits per heavy atom. The van der Waals surface area contributed by atoms with E-state index in [1.54, 1.807) is 24.3 Å². The number of halogens is 2. The van der Waals surface area contributed by atoms with Crippen molar-refractivity contribution in [3.05, 3.63) is 39.3 Å². The van der Waals surface area contributed by atoms with Crippen LogP contribution in [-0.4, -0.2) is 53.8 Å². The van der Waals surface area contributed by atoms with Crippen LogP contribution in [0.15, 0.2) is 28.7 Å². The van der Waals surface area contributed by atoms with E-state index in [9.17, 15) is 9.59 Å². The van der Waals surface area contributed by atoms with Gasteiger partial charge in [0.15, 0.2) is 0 Å². The molecule has 0 radical (unpaired) electrons. The number of likely N-dealkylation sites (tertiary alicyclic amines) is 1. The fourth-order valence-electron chi connectivity index (χ4n) is 2.91. The standard InChI is InChI=1S/C18H21BrClN5O3/c1-25-8-6-11(7-9-25)10-21-18(27)28-17-14(19)15(23-24-17)22-16(26)12-4-2-3-5-13(12)20/h2-5,11H,6-10H2,1H3,(H,21,27)(H2,22,23,24,26). The van der Waals surface area contributed by atoms with Crippen LogP contribution in [0, 0.1) is 5.92 Å². The molecular formula is C18H21BrClN5O3. The van der Waals surface area contributed by atoms with Crippen LogP contribution in [-0.2, 0) is 0 Å². The van der Waals surface area contributed by atoms with Gasteiger partial charge < -0.3 is 20.3 Å². The summed E-state index contributed by atoms with van der Waals surface area (Å²) in [4.78, 5) is 26.6. The molecule has 1 aliphatic rings. The van der Waals surface area contributed by atoms with Crippen LogP contribution < -0.4 is 15.4 Å². The number of carbonyl (C=O) groups is 2. The molecule has 1 saturated heterocycles. The van der Waals surface area contributed by atoms with Crippen LogP contribution in [0.2, 0.25) is 5.02 Å². The molecule has 0 bridgehead atoms. The highest BCUT2D eigenvalue weighted by atomic mass is 79.9. The number of nitrogens with one attached hydrogen (secondary N) is 3. The summed E-state index contributed by atoms with van der Waals surface area (Å²) in [7, 11) is 2.09. The number of rotatable bonds is 5. The van der Waals surface area contributed by atoms with Crippen LogP contribution in [0.1, 0.15) is 23.2 Å². The third-order valence-corrected chi connectivity index (χ3v) is 5.66. The Hall–Kier alpha value is -2.10. The van der Waals surface area contributed by atoms with Crippen LogP contribution in [0.3, 0.4) is 0 Å². The lowest BCUT2D eigenvalue weighted by Gasteiger charge is -2.28. The highest BCUT2D eigenvalue weighted by Gasteiger charge is 2.20. The Bertz CT molecular complexity index is 851. The van der Waals surface area contributed by atoms with Gasteiger partial charge in [-0.2, -0.15) is 0 Å². The summed E-state index contributed by atoms with van der Waals surface area (Å²) in [6.07, 6.45) is 1.50. The van der Waals surface area contributed by atoms with Gasteiger partial charge in [-0.05, 0) is 67.0 Å². The molecule has 3 N–H and O–H groups in total. The Balaban J connectivity index is 1.53. The molecule has 1 aliphatic heterocycles. The van der Waals surface area contributed by atoms with E-state index in [0.717, 1.165) is 25.9 Å². The second-order valence-electron chi connectivity index (χ2n) is 6.67. The lowest BCUT2D eigenvalue weighted by molar-refractivity contribution is 0.102. The van der Waals surface area contributed by atoms with Gasteiger partial charge in [0.2, 0.25) is 0 Å². The van der Waals surface area contributed by atoms with Crippen molar-refractivity contribution >= 4 is 45.3 Å². The predicted molar refractivity (Wildman–Crippen MR) is 110 cm³/mol. The zero-order chi connectivity index (χ0) is 20.1. The smallest absolute Gasteiger partial charge is 0.388 e. The van der Waals surface area contributed by atoms with Crippen molar-refractivity contribution in [1.82, 2.24) is 20.4 Å². The van der Waals surface area contributed by atoms with Crippen LogP contribution >= 0.6 is 27.5 Å². The normalized spacial score (nSPS) is 15.2. The molecule has 0 saturated carbocycles. The van der Waals surface area contributed by atoms with Gasteiger partial charge in [0, 0.05) is 6.54 Å². The molecule has 1 fully saturated rings. The fraction of sp³-hybridized carbons (Fsp3) is 0.389. The number of aromatic nitrogens is 2. The maximum absolute atomic E-state index is 12.3. The highest BCUT2D eigenvalue weighted by molar-refractivity contribution is 9.10. The SMILES string of the molecule is CN1CCC(CNC(=O)Oc2n[nH]c(NC(=O)c3ccccc3Cl)c2Br)CC1. The van der Waals surface area contributed by atoms with E-state index in [-0.39, 0.29) is 11.7 Å². The van der Waals surface area contributed by atoms with E-state index in [1.165, 1.54) is 0 Å². The summed E-state index contributed by atoms with van der Waals surface area (Å²) >= 11 is 9.31. The van der Waals surface area contributed by atoms with Crippen molar-refractivity contribution in [2.75, 3.05) is 32.0 Å². The average molecular weight is 471 g/mol. The van der Waals surface area contributed by atoms with Gasteiger partial charge in [-0.3, -0.25) is 9.89 Å². The monoisotopic (exact) mass is 469 g/mol. The molecule has 1 aromatic carbocycles. The topological polar surface area (TPSA) is 99.3 Å². The van der Waals surface area contributed by atoms with Gasteiger partial charge in [0.25, 0.3) is 11.8 Å². The Labute approximate surface area is 176 Å². The first-order valence-corrected chi connectivity index (χ1v) is 10.0. The predicted octanol–water partition coefficient (Wildman–Crippen LogP) is 3.51. The van der Waals surface area contributed by atoms with E-state index in [0.29, 0.717) is 27.5 Å². The van der Waals surface area contributed by atoms with Crippen molar-refractivity contribution in [3.63, 3.8) is 0 Å². The first kappa shape index (κ1) is 20.6. The molecular weight excluding hydrogens is 450 g/mol. The lowest BCUT2D eigenvalue weighted by Crippen LogP contribution is -2.37. The third kappa shape index (κ3) is 5.24. The molecule has 0 unspecified atom stereocenters. The molecule has 8 nitrogen and oxygen atoms in total. The van der Waals surface area contributed by atoms with Crippen molar-refractivity contribution in [3.8, 4) is 5.88 Å². The number of anilines is 1. The first-order valence-electron chi connectivity index (χ1n) is 8.88. The highest BCUT2D eigenvalue weighted by Crippen LogP contribution is 2.30. The summed E-state index contributed by atoms with van der Waals surface area (Å²) in [6.45, 7) is 2.62. The molecule has 1 aromatic heterocycles. The maximum Gasteiger partial charge on any atom is 0.414 e. The quantitative estimate of drug-likeness (QED) is 0.621. The number of piperidine rings is 1. The van der Waals surface area contributed by atoms with Gasteiger partial charge in [0.1, 0.15) is 10.3 Å². The number of hydrogen-bond donors (Lipinski definition) is 3. The van der Waals surface area contributed by atoms with Gasteiger partial charge in [0.05, 0.1) is 10.6 Å². The average Bonchev–Trinajstić information content (AvgIpc) is 3.01. The number of nitrogens with zero attached hydrogens (tertiary/aromatic N) is 2. The van der Waals surface area contributed by atoms with Crippen molar-refractivity contribution in [1.29, 1.82) is 0 Å². The Morgan fingerprint density at radius 3 is 2.79 bits per heavy atom. The summed E-state index contributed by atoms with van der Waals surface area (Å²) in [6, 6.07) is 6.69. The van der Waals surface area contributed by atoms with Crippen molar-refractivity contribution in [2.45, 2.75) is 12.8 Å². The number of hydrogen-bond acceptors (Lipinski definition) is 5.